The summed E-state index contributed by atoms with van der Waals surface area (Å²) in [4.78, 5) is 14.4. The van der Waals surface area contributed by atoms with Crippen LogP contribution in [0, 0.1) is 0 Å². The summed E-state index contributed by atoms with van der Waals surface area (Å²) in [5, 5.41) is 9.54. The monoisotopic (exact) mass is 360 g/mol. The highest BCUT2D eigenvalue weighted by atomic mass is 32.2. The van der Waals surface area contributed by atoms with Crippen LogP contribution in [0.4, 0.5) is 5.69 Å². The predicted octanol–water partition coefficient (Wildman–Crippen LogP) is 2.08. The molecule has 0 atom stereocenters. The molecule has 2 aromatic carbocycles. The Morgan fingerprint density at radius 2 is 1.72 bits per heavy atom. The lowest BCUT2D eigenvalue weighted by atomic mass is 10.1. The molecule has 6 nitrogen and oxygen atoms in total. The summed E-state index contributed by atoms with van der Waals surface area (Å²) in [5.74, 6) is -0.160. The van der Waals surface area contributed by atoms with Gasteiger partial charge in [-0.15, -0.1) is 0 Å². The highest BCUT2D eigenvalue weighted by molar-refractivity contribution is 7.92. The second kappa shape index (κ2) is 7.25. The number of carbonyl (C=O) groups is 1. The molecule has 0 spiro atoms. The molecule has 0 aromatic heterocycles. The van der Waals surface area contributed by atoms with Crippen molar-refractivity contribution in [3.8, 4) is 0 Å². The number of aliphatic hydroxyl groups is 1. The van der Waals surface area contributed by atoms with Gasteiger partial charge in [-0.05, 0) is 43.2 Å². The molecular weight excluding hydrogens is 340 g/mol. The van der Waals surface area contributed by atoms with E-state index in [-0.39, 0.29) is 16.9 Å². The zero-order chi connectivity index (χ0) is 17.9. The zero-order valence-electron chi connectivity index (χ0n) is 13.6. The number of amides is 1. The summed E-state index contributed by atoms with van der Waals surface area (Å²) < 4.78 is 27.3. The summed E-state index contributed by atoms with van der Waals surface area (Å²) in [6, 6.07) is 14.5. The van der Waals surface area contributed by atoms with E-state index in [0.717, 1.165) is 0 Å². The Morgan fingerprint density at radius 1 is 1.04 bits per heavy atom. The van der Waals surface area contributed by atoms with E-state index in [2.05, 4.69) is 4.72 Å². The molecule has 1 saturated heterocycles. The predicted molar refractivity (Wildman–Crippen MR) is 94.8 cm³/mol. The number of anilines is 1. The van der Waals surface area contributed by atoms with Crippen molar-refractivity contribution in [2.45, 2.75) is 23.8 Å². The first-order chi connectivity index (χ1) is 12.0. The Kier molecular flexibility index (Phi) is 5.06. The number of hydrogen-bond donors (Lipinski definition) is 2. The second-order valence-electron chi connectivity index (χ2n) is 6.02. The van der Waals surface area contributed by atoms with Gasteiger partial charge in [-0.1, -0.05) is 24.3 Å². The second-order valence-corrected chi connectivity index (χ2v) is 7.71. The van der Waals surface area contributed by atoms with Crippen LogP contribution in [0.3, 0.4) is 0 Å². The average Bonchev–Trinajstić information content (AvgIpc) is 2.62. The van der Waals surface area contributed by atoms with Gasteiger partial charge in [0, 0.05) is 24.3 Å². The number of rotatable bonds is 4. The van der Waals surface area contributed by atoms with Gasteiger partial charge in [0.15, 0.2) is 0 Å². The van der Waals surface area contributed by atoms with E-state index in [1.54, 1.807) is 41.3 Å². The Bertz CT molecular complexity index is 844. The van der Waals surface area contributed by atoms with Crippen LogP contribution in [0.2, 0.25) is 0 Å². The minimum Gasteiger partial charge on any atom is -0.393 e. The van der Waals surface area contributed by atoms with Gasteiger partial charge in [-0.25, -0.2) is 8.42 Å². The minimum absolute atomic E-state index is 0.160. The van der Waals surface area contributed by atoms with E-state index in [1.807, 2.05) is 0 Å². The van der Waals surface area contributed by atoms with Crippen molar-refractivity contribution in [2.24, 2.45) is 0 Å². The summed E-state index contributed by atoms with van der Waals surface area (Å²) in [7, 11) is -3.70. The number of sulfonamides is 1. The summed E-state index contributed by atoms with van der Waals surface area (Å²) in [6.07, 6.45) is 0.770. The first-order valence-corrected chi connectivity index (χ1v) is 9.59. The van der Waals surface area contributed by atoms with E-state index in [9.17, 15) is 18.3 Å². The Labute approximate surface area is 147 Å². The van der Waals surface area contributed by atoms with E-state index in [4.69, 9.17) is 0 Å². The number of nitrogens with zero attached hydrogens (tertiary/aromatic N) is 1. The fourth-order valence-electron chi connectivity index (χ4n) is 2.78. The smallest absolute Gasteiger partial charge is 0.261 e. The van der Waals surface area contributed by atoms with Crippen molar-refractivity contribution in [2.75, 3.05) is 17.8 Å². The van der Waals surface area contributed by atoms with E-state index in [1.165, 1.54) is 18.2 Å². The quantitative estimate of drug-likeness (QED) is 0.874. The fourth-order valence-corrected chi connectivity index (χ4v) is 3.85. The third-order valence-electron chi connectivity index (χ3n) is 4.17. The third kappa shape index (κ3) is 4.18. The first kappa shape index (κ1) is 17.4. The molecule has 0 saturated carbocycles. The van der Waals surface area contributed by atoms with Gasteiger partial charge in [-0.2, -0.15) is 0 Å². The van der Waals surface area contributed by atoms with Gasteiger partial charge in [0.25, 0.3) is 15.9 Å². The maximum atomic E-state index is 12.6. The van der Waals surface area contributed by atoms with Crippen LogP contribution in [-0.2, 0) is 10.0 Å². The van der Waals surface area contributed by atoms with Crippen molar-refractivity contribution < 1.29 is 18.3 Å². The molecule has 2 N–H and O–H groups in total. The van der Waals surface area contributed by atoms with Crippen LogP contribution >= 0.6 is 0 Å². The van der Waals surface area contributed by atoms with Crippen molar-refractivity contribution >= 4 is 21.6 Å². The van der Waals surface area contributed by atoms with Crippen LogP contribution in [0.25, 0.3) is 0 Å². The number of carbonyl (C=O) groups excluding carboxylic acids is 1. The largest absolute Gasteiger partial charge is 0.393 e. The molecule has 7 heteroatoms. The topological polar surface area (TPSA) is 86.7 Å². The Balaban J connectivity index is 1.77. The number of aliphatic hydroxyl groups excluding tert-OH is 1. The number of likely N-dealkylation sites (tertiary alicyclic amines) is 1. The van der Waals surface area contributed by atoms with Crippen LogP contribution < -0.4 is 4.72 Å². The number of nitrogens with one attached hydrogen (secondary N) is 1. The van der Waals surface area contributed by atoms with Crippen molar-refractivity contribution in [3.05, 3.63) is 60.2 Å². The van der Waals surface area contributed by atoms with Gasteiger partial charge in [0.2, 0.25) is 0 Å². The lowest BCUT2D eigenvalue weighted by Crippen LogP contribution is -2.40. The van der Waals surface area contributed by atoms with E-state index in [0.29, 0.717) is 37.2 Å². The molecule has 2 aromatic rings. The van der Waals surface area contributed by atoms with Gasteiger partial charge in [0.1, 0.15) is 0 Å². The minimum atomic E-state index is -3.70. The molecule has 1 aliphatic heterocycles. The van der Waals surface area contributed by atoms with Crippen LogP contribution in [0.15, 0.2) is 59.5 Å². The molecule has 0 unspecified atom stereocenters. The highest BCUT2D eigenvalue weighted by Gasteiger charge is 2.22. The van der Waals surface area contributed by atoms with E-state index >= 15 is 0 Å². The van der Waals surface area contributed by atoms with Gasteiger partial charge in [0.05, 0.1) is 11.0 Å². The molecule has 3 rings (SSSR count). The number of hydrogen-bond acceptors (Lipinski definition) is 4. The molecule has 0 bridgehead atoms. The molecule has 1 fully saturated rings. The number of piperidine rings is 1. The molecule has 0 aliphatic carbocycles. The van der Waals surface area contributed by atoms with Gasteiger partial charge in [-0.3, -0.25) is 9.52 Å². The van der Waals surface area contributed by atoms with Crippen LogP contribution in [0.1, 0.15) is 23.2 Å². The summed E-state index contributed by atoms with van der Waals surface area (Å²) in [5.41, 5.74) is 0.761. The third-order valence-corrected chi connectivity index (χ3v) is 5.56. The number of benzene rings is 2. The molecule has 1 heterocycles. The standard InChI is InChI=1S/C18H20N2O4S/c21-16-9-11-20(12-10-16)18(22)14-5-4-6-15(13-14)19-25(23,24)17-7-2-1-3-8-17/h1-8,13,16,19,21H,9-12H2. The molecule has 1 aliphatic rings. The fraction of sp³-hybridized carbons (Fsp3) is 0.278. The lowest BCUT2D eigenvalue weighted by molar-refractivity contribution is 0.0546. The Hall–Kier alpha value is -2.38. The molecular formula is C18H20N2O4S. The molecule has 1 amide bonds. The van der Waals surface area contributed by atoms with E-state index < -0.39 is 10.0 Å². The summed E-state index contributed by atoms with van der Waals surface area (Å²) in [6.45, 7) is 1.000. The van der Waals surface area contributed by atoms with Gasteiger partial charge >= 0.3 is 0 Å². The van der Waals surface area contributed by atoms with Crippen molar-refractivity contribution in [1.29, 1.82) is 0 Å². The SMILES string of the molecule is O=C(c1cccc(NS(=O)(=O)c2ccccc2)c1)N1CCC(O)CC1. The normalized spacial score (nSPS) is 15.8. The van der Waals surface area contributed by atoms with Crippen LogP contribution in [0.5, 0.6) is 0 Å². The summed E-state index contributed by atoms with van der Waals surface area (Å²) >= 11 is 0. The average molecular weight is 360 g/mol. The zero-order valence-corrected chi connectivity index (χ0v) is 14.4. The van der Waals surface area contributed by atoms with Crippen molar-refractivity contribution in [3.63, 3.8) is 0 Å². The van der Waals surface area contributed by atoms with Crippen LogP contribution in [-0.4, -0.2) is 43.5 Å². The Morgan fingerprint density at radius 3 is 2.40 bits per heavy atom. The molecule has 0 radical (unpaired) electrons. The molecule has 132 valence electrons. The maximum Gasteiger partial charge on any atom is 0.261 e. The molecule has 25 heavy (non-hydrogen) atoms. The maximum absolute atomic E-state index is 12.6. The lowest BCUT2D eigenvalue weighted by Gasteiger charge is -2.29. The van der Waals surface area contributed by atoms with Crippen molar-refractivity contribution in [1.82, 2.24) is 4.90 Å². The first-order valence-electron chi connectivity index (χ1n) is 8.11. The van der Waals surface area contributed by atoms with Gasteiger partial charge < -0.3 is 10.0 Å². The highest BCUT2D eigenvalue weighted by Crippen LogP contribution is 2.19.